The van der Waals surface area contributed by atoms with Gasteiger partial charge in [-0.15, -0.1) is 0 Å². The Morgan fingerprint density at radius 2 is 1.67 bits per heavy atom. The highest BCUT2D eigenvalue weighted by Crippen LogP contribution is 2.30. The fourth-order valence-electron chi connectivity index (χ4n) is 1.97. The maximum absolute atomic E-state index is 13.1. The van der Waals surface area contributed by atoms with E-state index in [-0.39, 0.29) is 27.4 Å². The molecule has 5 nitrogen and oxygen atoms in total. The van der Waals surface area contributed by atoms with Crippen LogP contribution < -0.4 is 4.31 Å². The maximum atomic E-state index is 13.1. The van der Waals surface area contributed by atoms with Crippen molar-refractivity contribution in [1.29, 1.82) is 0 Å². The monoisotopic (exact) mass is 386 g/mol. The second-order valence-corrected chi connectivity index (χ2v) is 7.88. The molecule has 8 heteroatoms. The molecule has 0 aliphatic rings. The van der Waals surface area contributed by atoms with E-state index in [1.165, 1.54) is 23.1 Å². The van der Waals surface area contributed by atoms with E-state index in [1.807, 2.05) is 0 Å². The van der Waals surface area contributed by atoms with Crippen molar-refractivity contribution in [3.05, 3.63) is 58.6 Å². The number of carbonyl (C=O) groups is 1. The number of carbonyl (C=O) groups excluding carboxylic acids is 1. The van der Waals surface area contributed by atoms with Gasteiger partial charge in [0.15, 0.2) is 0 Å². The van der Waals surface area contributed by atoms with Gasteiger partial charge in [0.1, 0.15) is 11.4 Å². The third-order valence-corrected chi connectivity index (χ3v) is 5.77. The number of benzene rings is 2. The van der Waals surface area contributed by atoms with Gasteiger partial charge in [0.2, 0.25) is 5.91 Å². The van der Waals surface area contributed by atoms with Gasteiger partial charge in [-0.3, -0.25) is 9.10 Å². The molecule has 0 atom stereocenters. The first-order valence-electron chi connectivity index (χ1n) is 6.96. The molecule has 24 heavy (non-hydrogen) atoms. The van der Waals surface area contributed by atoms with E-state index in [1.54, 1.807) is 44.4 Å². The van der Waals surface area contributed by atoms with Crippen LogP contribution in [0, 0.1) is 0 Å². The molecular formula is C16H16Cl2N2O3S. The molecule has 128 valence electrons. The standard InChI is InChI=1S/C16H16Cl2N2O3S/c1-19(2)16(21)11-20(13-6-4-3-5-7-13)24(22,23)15-10-12(17)8-9-14(15)18/h3-10H,11H2,1-2H3. The molecule has 0 aliphatic heterocycles. The predicted molar refractivity (Wildman–Crippen MR) is 96.1 cm³/mol. The van der Waals surface area contributed by atoms with Crippen LogP contribution in [0.3, 0.4) is 0 Å². The summed E-state index contributed by atoms with van der Waals surface area (Å²) < 4.78 is 27.2. The molecule has 0 aromatic heterocycles. The number of hydrogen-bond donors (Lipinski definition) is 0. The lowest BCUT2D eigenvalue weighted by atomic mass is 10.3. The second-order valence-electron chi connectivity index (χ2n) is 5.21. The van der Waals surface area contributed by atoms with Crippen LogP contribution in [-0.4, -0.2) is 39.9 Å². The Bertz CT molecular complexity index is 840. The van der Waals surface area contributed by atoms with Gasteiger partial charge in [-0.2, -0.15) is 0 Å². The molecule has 2 aromatic rings. The number of amides is 1. The van der Waals surface area contributed by atoms with E-state index in [9.17, 15) is 13.2 Å². The van der Waals surface area contributed by atoms with E-state index in [2.05, 4.69) is 0 Å². The topological polar surface area (TPSA) is 57.7 Å². The summed E-state index contributed by atoms with van der Waals surface area (Å²) in [5.74, 6) is -0.361. The maximum Gasteiger partial charge on any atom is 0.266 e. The van der Waals surface area contributed by atoms with Gasteiger partial charge < -0.3 is 4.90 Å². The lowest BCUT2D eigenvalue weighted by Crippen LogP contribution is -2.40. The van der Waals surface area contributed by atoms with Crippen LogP contribution in [0.1, 0.15) is 0 Å². The number of likely N-dealkylation sites (N-methyl/N-ethyl adjacent to an activating group) is 1. The fraction of sp³-hybridized carbons (Fsp3) is 0.188. The van der Waals surface area contributed by atoms with E-state index >= 15 is 0 Å². The SMILES string of the molecule is CN(C)C(=O)CN(c1ccccc1)S(=O)(=O)c1cc(Cl)ccc1Cl. The summed E-state index contributed by atoms with van der Waals surface area (Å²) in [5.41, 5.74) is 0.365. The van der Waals surface area contributed by atoms with Crippen molar-refractivity contribution in [2.45, 2.75) is 4.90 Å². The summed E-state index contributed by atoms with van der Waals surface area (Å²) in [6, 6.07) is 12.5. The zero-order valence-electron chi connectivity index (χ0n) is 13.1. The first kappa shape index (κ1) is 18.6. The van der Waals surface area contributed by atoms with Crippen LogP contribution in [-0.2, 0) is 14.8 Å². The molecule has 2 aromatic carbocycles. The Kier molecular flexibility index (Phi) is 5.74. The molecule has 0 unspecified atom stereocenters. The molecule has 1 amide bonds. The van der Waals surface area contributed by atoms with Crippen molar-refractivity contribution in [3.8, 4) is 0 Å². The van der Waals surface area contributed by atoms with Gasteiger partial charge in [-0.1, -0.05) is 41.4 Å². The molecule has 0 N–H and O–H groups in total. The number of para-hydroxylation sites is 1. The average molecular weight is 387 g/mol. The van der Waals surface area contributed by atoms with Crippen LogP contribution in [0.2, 0.25) is 10.0 Å². The minimum absolute atomic E-state index is 0.0395. The van der Waals surface area contributed by atoms with Gasteiger partial charge in [-0.05, 0) is 30.3 Å². The summed E-state index contributed by atoms with van der Waals surface area (Å²) in [6.07, 6.45) is 0. The highest BCUT2D eigenvalue weighted by molar-refractivity contribution is 7.93. The van der Waals surface area contributed by atoms with E-state index in [0.717, 1.165) is 4.31 Å². The van der Waals surface area contributed by atoms with Crippen LogP contribution in [0.25, 0.3) is 0 Å². The van der Waals surface area contributed by atoms with Crippen LogP contribution in [0.4, 0.5) is 5.69 Å². The summed E-state index contributed by atoms with van der Waals surface area (Å²) >= 11 is 12.0. The molecular weight excluding hydrogens is 371 g/mol. The van der Waals surface area contributed by atoms with Crippen LogP contribution in [0.5, 0.6) is 0 Å². The third-order valence-electron chi connectivity index (χ3n) is 3.28. The number of nitrogens with zero attached hydrogens (tertiary/aromatic N) is 2. The smallest absolute Gasteiger partial charge is 0.266 e. The number of sulfonamides is 1. The quantitative estimate of drug-likeness (QED) is 0.791. The molecule has 0 radical (unpaired) electrons. The van der Waals surface area contributed by atoms with E-state index in [4.69, 9.17) is 23.2 Å². The molecule has 0 bridgehead atoms. The van der Waals surface area contributed by atoms with Gasteiger partial charge in [0, 0.05) is 19.1 Å². The van der Waals surface area contributed by atoms with Gasteiger partial charge >= 0.3 is 0 Å². The Balaban J connectivity index is 2.57. The highest BCUT2D eigenvalue weighted by Gasteiger charge is 2.29. The third kappa shape index (κ3) is 4.01. The zero-order valence-corrected chi connectivity index (χ0v) is 15.4. The Morgan fingerprint density at radius 3 is 2.25 bits per heavy atom. The molecule has 2 rings (SSSR count). The van der Waals surface area contributed by atoms with Crippen LogP contribution in [0.15, 0.2) is 53.4 Å². The van der Waals surface area contributed by atoms with Crippen molar-refractivity contribution in [2.75, 3.05) is 24.9 Å². The van der Waals surface area contributed by atoms with Gasteiger partial charge in [0.05, 0.1) is 10.7 Å². The second kappa shape index (κ2) is 7.42. The van der Waals surface area contributed by atoms with E-state index in [0.29, 0.717) is 5.69 Å². The van der Waals surface area contributed by atoms with Crippen molar-refractivity contribution in [1.82, 2.24) is 4.90 Å². The molecule has 0 spiro atoms. The lowest BCUT2D eigenvalue weighted by Gasteiger charge is -2.25. The first-order valence-corrected chi connectivity index (χ1v) is 9.16. The fourth-order valence-corrected chi connectivity index (χ4v) is 4.12. The lowest BCUT2D eigenvalue weighted by molar-refractivity contribution is -0.127. The predicted octanol–water partition coefficient (Wildman–Crippen LogP) is 3.28. The number of anilines is 1. The molecule has 0 aliphatic carbocycles. The Morgan fingerprint density at radius 1 is 1.04 bits per heavy atom. The number of hydrogen-bond acceptors (Lipinski definition) is 3. The molecule has 0 saturated heterocycles. The minimum Gasteiger partial charge on any atom is -0.347 e. The largest absolute Gasteiger partial charge is 0.347 e. The van der Waals surface area contributed by atoms with Crippen molar-refractivity contribution in [2.24, 2.45) is 0 Å². The summed E-state index contributed by atoms with van der Waals surface area (Å²) in [6.45, 7) is -0.345. The summed E-state index contributed by atoms with van der Waals surface area (Å²) in [7, 11) is -0.946. The zero-order chi connectivity index (χ0) is 17.9. The van der Waals surface area contributed by atoms with Gasteiger partial charge in [0.25, 0.3) is 10.0 Å². The van der Waals surface area contributed by atoms with Crippen molar-refractivity contribution < 1.29 is 13.2 Å². The summed E-state index contributed by atoms with van der Waals surface area (Å²) in [5, 5.41) is 0.280. The Labute approximate surface area is 151 Å². The van der Waals surface area contributed by atoms with Crippen LogP contribution >= 0.6 is 23.2 Å². The van der Waals surface area contributed by atoms with Crippen molar-refractivity contribution in [3.63, 3.8) is 0 Å². The average Bonchev–Trinajstić information content (AvgIpc) is 2.55. The van der Waals surface area contributed by atoms with Gasteiger partial charge in [-0.25, -0.2) is 8.42 Å². The summed E-state index contributed by atoms with van der Waals surface area (Å²) in [4.78, 5) is 13.3. The molecule has 0 saturated carbocycles. The Hall–Kier alpha value is -1.76. The minimum atomic E-state index is -4.07. The highest BCUT2D eigenvalue weighted by atomic mass is 35.5. The molecule has 0 fully saturated rings. The first-order chi connectivity index (χ1) is 11.2. The van der Waals surface area contributed by atoms with Crippen molar-refractivity contribution >= 4 is 44.8 Å². The van der Waals surface area contributed by atoms with E-state index < -0.39 is 10.0 Å². The normalized spacial score (nSPS) is 11.2. The number of halogens is 2. The molecule has 0 heterocycles. The number of rotatable bonds is 5.